The first-order chi connectivity index (χ1) is 12.4. The van der Waals surface area contributed by atoms with Crippen LogP contribution in [-0.4, -0.2) is 27.5 Å². The van der Waals surface area contributed by atoms with Crippen LogP contribution in [0.5, 0.6) is 5.75 Å². The van der Waals surface area contributed by atoms with E-state index in [1.165, 1.54) is 19.2 Å². The normalized spacial score (nSPS) is 13.6. The molecule has 0 aromatic heterocycles. The molecule has 2 aromatic rings. The summed E-state index contributed by atoms with van der Waals surface area (Å²) < 4.78 is 32.8. The highest BCUT2D eigenvalue weighted by molar-refractivity contribution is 7.89. The van der Waals surface area contributed by atoms with Gasteiger partial charge in [0, 0.05) is 23.8 Å². The molecule has 0 heterocycles. The summed E-state index contributed by atoms with van der Waals surface area (Å²) in [5.41, 5.74) is 7.30. The zero-order chi connectivity index (χ0) is 18.7. The maximum absolute atomic E-state index is 12.5. The Balaban J connectivity index is 0.00000261. The van der Waals surface area contributed by atoms with Gasteiger partial charge < -0.3 is 15.8 Å². The number of methoxy groups -OCH3 is 1. The molecule has 2 aromatic carbocycles. The van der Waals surface area contributed by atoms with E-state index in [2.05, 4.69) is 10.0 Å². The number of anilines is 1. The largest absolute Gasteiger partial charge is 0.495 e. The molecule has 3 rings (SSSR count). The minimum absolute atomic E-state index is 0. The van der Waals surface area contributed by atoms with Crippen LogP contribution in [0.4, 0.5) is 5.69 Å². The smallest absolute Gasteiger partial charge is 0.255 e. The van der Waals surface area contributed by atoms with Gasteiger partial charge in [0.2, 0.25) is 10.0 Å². The lowest BCUT2D eigenvalue weighted by atomic mass is 10.1. The molecule has 0 aliphatic heterocycles. The monoisotopic (exact) mass is 411 g/mol. The predicted molar refractivity (Wildman–Crippen MR) is 106 cm³/mol. The molecule has 0 saturated heterocycles. The van der Waals surface area contributed by atoms with Crippen molar-refractivity contribution in [2.24, 2.45) is 5.73 Å². The van der Waals surface area contributed by atoms with Crippen LogP contribution in [0.15, 0.2) is 47.4 Å². The molecular weight excluding hydrogens is 390 g/mol. The average Bonchev–Trinajstić information content (AvgIpc) is 3.45. The minimum atomic E-state index is -3.71. The number of rotatable bonds is 7. The summed E-state index contributed by atoms with van der Waals surface area (Å²) in [5, 5.41) is 2.71. The van der Waals surface area contributed by atoms with E-state index in [0.29, 0.717) is 17.8 Å². The Bertz CT molecular complexity index is 913. The second-order valence-corrected chi connectivity index (χ2v) is 7.80. The van der Waals surface area contributed by atoms with Gasteiger partial charge in [-0.1, -0.05) is 12.1 Å². The molecule has 0 unspecified atom stereocenters. The van der Waals surface area contributed by atoms with E-state index >= 15 is 0 Å². The molecule has 0 spiro atoms. The van der Waals surface area contributed by atoms with Gasteiger partial charge >= 0.3 is 0 Å². The van der Waals surface area contributed by atoms with Crippen molar-refractivity contribution in [3.63, 3.8) is 0 Å². The standard InChI is InChI=1S/C18H21N3O4S.ClH/c1-25-16-9-8-15(10-17(16)26(23,24)21-14-6-7-14)20-18(22)13-4-2-12(11-19)3-5-13;/h2-5,8-10,14,21H,6-7,11,19H2,1H3,(H,20,22);1H. The van der Waals surface area contributed by atoms with E-state index < -0.39 is 10.0 Å². The summed E-state index contributed by atoms with van der Waals surface area (Å²) in [6.07, 6.45) is 1.66. The van der Waals surface area contributed by atoms with Gasteiger partial charge in [0.25, 0.3) is 5.91 Å². The Morgan fingerprint density at radius 1 is 1.19 bits per heavy atom. The molecule has 1 aliphatic rings. The van der Waals surface area contributed by atoms with Crippen LogP contribution in [0, 0.1) is 0 Å². The van der Waals surface area contributed by atoms with Crippen LogP contribution in [0.3, 0.4) is 0 Å². The molecule has 1 saturated carbocycles. The first-order valence-corrected chi connectivity index (χ1v) is 9.72. The average molecular weight is 412 g/mol. The van der Waals surface area contributed by atoms with Gasteiger partial charge in [-0.15, -0.1) is 12.4 Å². The number of hydrogen-bond acceptors (Lipinski definition) is 5. The third-order valence-electron chi connectivity index (χ3n) is 4.06. The minimum Gasteiger partial charge on any atom is -0.495 e. The van der Waals surface area contributed by atoms with E-state index in [0.717, 1.165) is 18.4 Å². The lowest BCUT2D eigenvalue weighted by Gasteiger charge is -2.13. The third-order valence-corrected chi connectivity index (χ3v) is 5.60. The van der Waals surface area contributed by atoms with Crippen LogP contribution in [0.25, 0.3) is 0 Å². The highest BCUT2D eigenvalue weighted by atomic mass is 35.5. The van der Waals surface area contributed by atoms with Gasteiger partial charge in [-0.2, -0.15) is 0 Å². The zero-order valence-electron chi connectivity index (χ0n) is 14.8. The van der Waals surface area contributed by atoms with Crippen LogP contribution < -0.4 is 20.5 Å². The van der Waals surface area contributed by atoms with Gasteiger partial charge in [0.1, 0.15) is 10.6 Å². The first-order valence-electron chi connectivity index (χ1n) is 8.23. The molecule has 27 heavy (non-hydrogen) atoms. The molecule has 0 radical (unpaired) electrons. The summed E-state index contributed by atoms with van der Waals surface area (Å²) in [7, 11) is -2.31. The van der Waals surface area contributed by atoms with Crippen LogP contribution >= 0.6 is 12.4 Å². The van der Waals surface area contributed by atoms with Crippen molar-refractivity contribution in [3.05, 3.63) is 53.6 Å². The predicted octanol–water partition coefficient (Wildman–Crippen LogP) is 2.27. The van der Waals surface area contributed by atoms with Gasteiger partial charge in [-0.25, -0.2) is 13.1 Å². The molecule has 1 fully saturated rings. The van der Waals surface area contributed by atoms with Crippen molar-refractivity contribution in [2.75, 3.05) is 12.4 Å². The Hall–Kier alpha value is -2.13. The lowest BCUT2D eigenvalue weighted by Crippen LogP contribution is -2.26. The highest BCUT2D eigenvalue weighted by Gasteiger charge is 2.30. The Morgan fingerprint density at radius 2 is 1.85 bits per heavy atom. The summed E-state index contributed by atoms with van der Waals surface area (Å²) in [6, 6.07) is 11.4. The van der Waals surface area contributed by atoms with Crippen molar-refractivity contribution >= 4 is 34.0 Å². The lowest BCUT2D eigenvalue weighted by molar-refractivity contribution is 0.102. The van der Waals surface area contributed by atoms with Crippen molar-refractivity contribution < 1.29 is 17.9 Å². The molecule has 0 bridgehead atoms. The molecule has 7 nitrogen and oxygen atoms in total. The maximum atomic E-state index is 12.5. The van der Waals surface area contributed by atoms with E-state index in [1.54, 1.807) is 30.3 Å². The van der Waals surface area contributed by atoms with Gasteiger partial charge in [-0.05, 0) is 48.7 Å². The molecular formula is C18H22ClN3O4S. The topological polar surface area (TPSA) is 111 Å². The van der Waals surface area contributed by atoms with Gasteiger partial charge in [0.05, 0.1) is 7.11 Å². The fraction of sp³-hybridized carbons (Fsp3) is 0.278. The van der Waals surface area contributed by atoms with E-state index in [1.807, 2.05) is 0 Å². The van der Waals surface area contributed by atoms with Crippen molar-refractivity contribution in [3.8, 4) is 5.75 Å². The zero-order valence-corrected chi connectivity index (χ0v) is 16.4. The summed E-state index contributed by atoms with van der Waals surface area (Å²) in [4.78, 5) is 12.4. The van der Waals surface area contributed by atoms with Gasteiger partial charge in [-0.3, -0.25) is 4.79 Å². The third kappa shape index (κ3) is 5.20. The number of carbonyl (C=O) groups is 1. The molecule has 146 valence electrons. The van der Waals surface area contributed by atoms with Crippen LogP contribution in [0.2, 0.25) is 0 Å². The number of nitrogens with two attached hydrogens (primary N) is 1. The second kappa shape index (κ2) is 8.71. The number of nitrogens with one attached hydrogen (secondary N) is 2. The van der Waals surface area contributed by atoms with Crippen LogP contribution in [0.1, 0.15) is 28.8 Å². The highest BCUT2D eigenvalue weighted by Crippen LogP contribution is 2.30. The number of amides is 1. The number of benzene rings is 2. The Kier molecular flexibility index (Phi) is 6.83. The molecule has 1 aliphatic carbocycles. The fourth-order valence-electron chi connectivity index (χ4n) is 2.44. The number of hydrogen-bond donors (Lipinski definition) is 3. The molecule has 0 atom stereocenters. The molecule has 9 heteroatoms. The van der Waals surface area contributed by atoms with Crippen molar-refractivity contribution in [1.82, 2.24) is 4.72 Å². The SMILES string of the molecule is COc1ccc(NC(=O)c2ccc(CN)cc2)cc1S(=O)(=O)NC1CC1.Cl. The fourth-order valence-corrected chi connectivity index (χ4v) is 3.94. The van der Waals surface area contributed by atoms with E-state index in [4.69, 9.17) is 10.5 Å². The Morgan fingerprint density at radius 3 is 2.41 bits per heavy atom. The van der Waals surface area contributed by atoms with Gasteiger partial charge in [0.15, 0.2) is 0 Å². The quantitative estimate of drug-likeness (QED) is 0.647. The second-order valence-electron chi connectivity index (χ2n) is 6.12. The van der Waals surface area contributed by atoms with Crippen molar-refractivity contribution in [2.45, 2.75) is 30.3 Å². The Labute approximate surface area is 164 Å². The summed E-state index contributed by atoms with van der Waals surface area (Å²) in [5.74, 6) is -0.110. The van der Waals surface area contributed by atoms with E-state index in [9.17, 15) is 13.2 Å². The summed E-state index contributed by atoms with van der Waals surface area (Å²) in [6.45, 7) is 0.398. The number of carbonyl (C=O) groups excluding carboxylic acids is 1. The van der Waals surface area contributed by atoms with E-state index in [-0.39, 0.29) is 35.0 Å². The maximum Gasteiger partial charge on any atom is 0.255 e. The number of ether oxygens (including phenoxy) is 1. The van der Waals surface area contributed by atoms with Crippen molar-refractivity contribution in [1.29, 1.82) is 0 Å². The molecule has 4 N–H and O–H groups in total. The number of halogens is 1. The molecule has 1 amide bonds. The number of sulfonamides is 1. The van der Waals surface area contributed by atoms with Crippen LogP contribution in [-0.2, 0) is 16.6 Å². The first kappa shape index (κ1) is 21.2. The summed E-state index contributed by atoms with van der Waals surface area (Å²) >= 11 is 0.